The number of para-hydroxylation sites is 4. The van der Waals surface area contributed by atoms with Crippen molar-refractivity contribution in [2.75, 3.05) is 0 Å². The summed E-state index contributed by atoms with van der Waals surface area (Å²) in [6, 6.07) is 69.5. The minimum atomic E-state index is 0.662. The topological polar surface area (TPSA) is 48.5 Å². The van der Waals surface area contributed by atoms with E-state index in [1.165, 1.54) is 38.1 Å². The van der Waals surface area contributed by atoms with Crippen LogP contribution in [0.3, 0.4) is 0 Å². The molecule has 0 saturated heterocycles. The fourth-order valence-corrected chi connectivity index (χ4v) is 9.33. The fourth-order valence-electron chi connectivity index (χ4n) is 9.33. The molecule has 0 radical (unpaired) electrons. The van der Waals surface area contributed by atoms with Crippen LogP contribution in [0.1, 0.15) is 18.7 Å². The largest absolute Gasteiger partial charge is 0.309 e. The Kier molecular flexibility index (Phi) is 8.56. The number of nitrogens with zero attached hydrogens (tertiary/aromatic N) is 5. The van der Waals surface area contributed by atoms with E-state index in [1.54, 1.807) is 0 Å². The van der Waals surface area contributed by atoms with Gasteiger partial charge in [0.25, 0.3) is 0 Å². The average molecular weight is 794 g/mol. The second kappa shape index (κ2) is 14.8. The van der Waals surface area contributed by atoms with Crippen LogP contribution in [0.4, 0.5) is 0 Å². The molecular weight excluding hydrogens is 755 g/mol. The number of aromatic nitrogens is 5. The van der Waals surface area contributed by atoms with Crippen molar-refractivity contribution in [3.8, 4) is 56.4 Å². The van der Waals surface area contributed by atoms with Gasteiger partial charge in [0.1, 0.15) is 0 Å². The number of allylic oxidation sites excluding steroid dienone is 4. The summed E-state index contributed by atoms with van der Waals surface area (Å²) in [6.07, 6.45) is 8.29. The van der Waals surface area contributed by atoms with Crippen LogP contribution < -0.4 is 0 Å². The molecule has 1 aliphatic carbocycles. The van der Waals surface area contributed by atoms with Gasteiger partial charge < -0.3 is 9.13 Å². The molecule has 0 saturated carbocycles. The maximum Gasteiger partial charge on any atom is 0.164 e. The van der Waals surface area contributed by atoms with Crippen molar-refractivity contribution < 1.29 is 0 Å². The Morgan fingerprint density at radius 1 is 0.371 bits per heavy atom. The Bertz CT molecular complexity index is 3570. The second-order valence-electron chi connectivity index (χ2n) is 15.9. The van der Waals surface area contributed by atoms with Crippen LogP contribution in [-0.2, 0) is 0 Å². The highest BCUT2D eigenvalue weighted by atomic mass is 15.0. The standard InChI is InChI=1S/C57H39N5/c1-4-17-38(18-5-1)55-58-56(39-19-6-2-7-20-39)60-57(59-55)43-23-14-22-42(35-43)46-29-16-30-49-47-27-10-13-32-52(47)62(54(46)49)45-26-15-21-40(36-45)41-33-34-53-50(37-41)48-28-11-12-31-51(48)61(53)44-24-8-3-9-25-44/h1-6,8-19,21-37H,7,20H2. The Labute approximate surface area is 359 Å². The summed E-state index contributed by atoms with van der Waals surface area (Å²) in [7, 11) is 0. The predicted octanol–water partition coefficient (Wildman–Crippen LogP) is 14.5. The van der Waals surface area contributed by atoms with Gasteiger partial charge in [-0.25, -0.2) is 15.0 Å². The Morgan fingerprint density at radius 3 is 1.76 bits per heavy atom. The molecule has 0 spiro atoms. The van der Waals surface area contributed by atoms with E-state index in [-0.39, 0.29) is 0 Å². The van der Waals surface area contributed by atoms with E-state index in [0.717, 1.165) is 74.5 Å². The molecule has 11 aromatic rings. The van der Waals surface area contributed by atoms with E-state index in [1.807, 2.05) is 18.2 Å². The van der Waals surface area contributed by atoms with Crippen LogP contribution in [-0.4, -0.2) is 24.1 Å². The quantitative estimate of drug-likeness (QED) is 0.161. The molecule has 62 heavy (non-hydrogen) atoms. The number of fused-ring (bicyclic) bond motifs is 6. The van der Waals surface area contributed by atoms with Crippen LogP contribution in [0.15, 0.2) is 212 Å². The molecule has 0 bridgehead atoms. The molecule has 292 valence electrons. The van der Waals surface area contributed by atoms with Crippen molar-refractivity contribution in [2.45, 2.75) is 12.8 Å². The molecule has 0 atom stereocenters. The van der Waals surface area contributed by atoms with Gasteiger partial charge in [-0.05, 0) is 89.7 Å². The zero-order valence-corrected chi connectivity index (χ0v) is 33.9. The van der Waals surface area contributed by atoms with Crippen molar-refractivity contribution in [3.05, 3.63) is 218 Å². The summed E-state index contributed by atoms with van der Waals surface area (Å²) in [4.78, 5) is 15.2. The van der Waals surface area contributed by atoms with Gasteiger partial charge in [0.05, 0.1) is 22.1 Å². The van der Waals surface area contributed by atoms with Gasteiger partial charge in [-0.1, -0.05) is 158 Å². The van der Waals surface area contributed by atoms with Crippen LogP contribution in [0.5, 0.6) is 0 Å². The molecule has 5 nitrogen and oxygen atoms in total. The smallest absolute Gasteiger partial charge is 0.164 e. The highest BCUT2D eigenvalue weighted by Gasteiger charge is 2.20. The zero-order chi connectivity index (χ0) is 41.0. The van der Waals surface area contributed by atoms with Gasteiger partial charge in [-0.3, -0.25) is 0 Å². The minimum absolute atomic E-state index is 0.662. The molecule has 0 aliphatic heterocycles. The van der Waals surface area contributed by atoms with Crippen molar-refractivity contribution in [1.29, 1.82) is 0 Å². The van der Waals surface area contributed by atoms with Crippen LogP contribution in [0, 0.1) is 0 Å². The molecule has 0 unspecified atom stereocenters. The number of hydrogen-bond donors (Lipinski definition) is 0. The Morgan fingerprint density at radius 2 is 0.952 bits per heavy atom. The summed E-state index contributed by atoms with van der Waals surface area (Å²) < 4.78 is 4.81. The molecule has 0 amide bonds. The SMILES string of the molecule is C1=CCCC(c2nc(-c3ccccc3)nc(-c3cccc(-c4cccc5c6ccccc6n(-c6cccc(-c7ccc8c(c7)c7ccccc7n8-c7ccccc7)c6)c45)c3)n2)=C1. The Hall–Kier alpha value is -8.15. The molecule has 0 fully saturated rings. The summed E-state index contributed by atoms with van der Waals surface area (Å²) in [5, 5.41) is 4.90. The number of hydrogen-bond acceptors (Lipinski definition) is 3. The summed E-state index contributed by atoms with van der Waals surface area (Å²) in [5.41, 5.74) is 14.6. The van der Waals surface area contributed by atoms with Crippen molar-refractivity contribution in [3.63, 3.8) is 0 Å². The normalized spacial score (nSPS) is 12.7. The third-order valence-corrected chi connectivity index (χ3v) is 12.2. The maximum absolute atomic E-state index is 5.11. The first-order valence-electron chi connectivity index (χ1n) is 21.3. The zero-order valence-electron chi connectivity index (χ0n) is 33.9. The van der Waals surface area contributed by atoms with Crippen molar-refractivity contribution in [1.82, 2.24) is 24.1 Å². The van der Waals surface area contributed by atoms with Gasteiger partial charge >= 0.3 is 0 Å². The summed E-state index contributed by atoms with van der Waals surface area (Å²) >= 11 is 0. The number of rotatable bonds is 7. The minimum Gasteiger partial charge on any atom is -0.309 e. The third-order valence-electron chi connectivity index (χ3n) is 12.2. The monoisotopic (exact) mass is 793 g/mol. The lowest BCUT2D eigenvalue weighted by Crippen LogP contribution is -2.03. The first kappa shape index (κ1) is 35.8. The van der Waals surface area contributed by atoms with Crippen LogP contribution in [0.25, 0.3) is 106 Å². The maximum atomic E-state index is 5.11. The third kappa shape index (κ3) is 6.05. The summed E-state index contributed by atoms with van der Waals surface area (Å²) in [5.74, 6) is 2.07. The van der Waals surface area contributed by atoms with E-state index < -0.39 is 0 Å². The fraction of sp³-hybridized carbons (Fsp3) is 0.0351. The first-order chi connectivity index (χ1) is 30.7. The molecule has 5 heteroatoms. The molecular formula is C57H39N5. The van der Waals surface area contributed by atoms with E-state index in [2.05, 4.69) is 203 Å². The van der Waals surface area contributed by atoms with Gasteiger partial charge in [0, 0.05) is 49.6 Å². The Balaban J connectivity index is 1.01. The van der Waals surface area contributed by atoms with Crippen molar-refractivity contribution >= 4 is 49.2 Å². The van der Waals surface area contributed by atoms with Crippen LogP contribution in [0.2, 0.25) is 0 Å². The highest BCUT2D eigenvalue weighted by molar-refractivity contribution is 6.14. The van der Waals surface area contributed by atoms with Gasteiger partial charge in [0.2, 0.25) is 0 Å². The second-order valence-corrected chi connectivity index (χ2v) is 15.9. The molecule has 1 aliphatic rings. The van der Waals surface area contributed by atoms with E-state index in [0.29, 0.717) is 11.6 Å². The van der Waals surface area contributed by atoms with Gasteiger partial charge in [-0.2, -0.15) is 0 Å². The van der Waals surface area contributed by atoms with Crippen LogP contribution >= 0.6 is 0 Å². The van der Waals surface area contributed by atoms with Gasteiger partial charge in [0.15, 0.2) is 17.5 Å². The van der Waals surface area contributed by atoms with E-state index in [4.69, 9.17) is 15.0 Å². The lowest BCUT2D eigenvalue weighted by Gasteiger charge is -2.14. The lowest BCUT2D eigenvalue weighted by molar-refractivity contribution is 0.978. The van der Waals surface area contributed by atoms with E-state index in [9.17, 15) is 0 Å². The molecule has 12 rings (SSSR count). The molecule has 8 aromatic carbocycles. The average Bonchev–Trinajstić information content (AvgIpc) is 3.88. The predicted molar refractivity (Wildman–Crippen MR) is 257 cm³/mol. The molecule has 3 heterocycles. The van der Waals surface area contributed by atoms with Gasteiger partial charge in [-0.15, -0.1) is 0 Å². The van der Waals surface area contributed by atoms with E-state index >= 15 is 0 Å². The summed E-state index contributed by atoms with van der Waals surface area (Å²) in [6.45, 7) is 0. The molecule has 0 N–H and O–H groups in total. The highest BCUT2D eigenvalue weighted by Crippen LogP contribution is 2.41. The molecule has 3 aromatic heterocycles. The van der Waals surface area contributed by atoms with Crippen molar-refractivity contribution in [2.24, 2.45) is 0 Å². The first-order valence-corrected chi connectivity index (χ1v) is 21.3. The number of benzene rings is 8. The lowest BCUT2D eigenvalue weighted by atomic mass is 9.99.